The minimum absolute atomic E-state index is 0.753. The molecule has 2 unspecified atom stereocenters. The van der Waals surface area contributed by atoms with Crippen LogP contribution in [0, 0.1) is 30.1 Å². The fourth-order valence-corrected chi connectivity index (χ4v) is 1.83. The number of nitriles is 1. The Labute approximate surface area is 90.9 Å². The minimum atomic E-state index is 0.753. The van der Waals surface area contributed by atoms with Gasteiger partial charge in [0.2, 0.25) is 0 Å². The topological polar surface area (TPSA) is 35.8 Å². The summed E-state index contributed by atoms with van der Waals surface area (Å²) in [5.74, 6) is 1.66. The molecule has 2 atom stereocenters. The van der Waals surface area contributed by atoms with Crippen molar-refractivity contribution in [1.29, 1.82) is 5.26 Å². The number of aryl methyl sites for hydroxylation is 1. The van der Waals surface area contributed by atoms with Crippen LogP contribution in [0.3, 0.4) is 0 Å². The van der Waals surface area contributed by atoms with Crippen LogP contribution in [-0.2, 0) is 0 Å². The Hall–Kier alpha value is -1.49. The van der Waals surface area contributed by atoms with E-state index in [1.165, 1.54) is 6.42 Å². The first kappa shape index (κ1) is 10.0. The predicted octanol–water partition coefficient (Wildman–Crippen LogP) is 2.93. The summed E-state index contributed by atoms with van der Waals surface area (Å²) in [6.45, 7) is 5.28. The van der Waals surface area contributed by atoms with E-state index < -0.39 is 0 Å². The highest BCUT2D eigenvalue weighted by atomic mass is 14.9. The number of anilines is 1. The molecular weight excluding hydrogens is 184 g/mol. The molecule has 0 bridgehead atoms. The van der Waals surface area contributed by atoms with E-state index in [1.54, 1.807) is 0 Å². The third-order valence-corrected chi connectivity index (χ3v) is 3.13. The van der Waals surface area contributed by atoms with Gasteiger partial charge in [0.05, 0.1) is 11.3 Å². The molecule has 0 aromatic heterocycles. The molecule has 0 spiro atoms. The molecule has 1 aromatic carbocycles. The van der Waals surface area contributed by atoms with Gasteiger partial charge in [-0.15, -0.1) is 0 Å². The van der Waals surface area contributed by atoms with Crippen molar-refractivity contribution < 1.29 is 0 Å². The van der Waals surface area contributed by atoms with Crippen molar-refractivity contribution in [3.63, 3.8) is 0 Å². The van der Waals surface area contributed by atoms with Crippen LogP contribution in [0.25, 0.3) is 0 Å². The highest BCUT2D eigenvalue weighted by molar-refractivity contribution is 5.58. The zero-order chi connectivity index (χ0) is 10.8. The average molecular weight is 200 g/mol. The average Bonchev–Trinajstić information content (AvgIpc) is 2.92. The van der Waals surface area contributed by atoms with Gasteiger partial charge in [-0.2, -0.15) is 5.26 Å². The van der Waals surface area contributed by atoms with E-state index in [-0.39, 0.29) is 0 Å². The normalized spacial score (nSPS) is 23.3. The second-order valence-electron chi connectivity index (χ2n) is 4.51. The van der Waals surface area contributed by atoms with Gasteiger partial charge in [-0.1, -0.05) is 13.0 Å². The van der Waals surface area contributed by atoms with E-state index in [0.29, 0.717) is 0 Å². The number of rotatable bonds is 3. The fourth-order valence-electron chi connectivity index (χ4n) is 1.83. The Kier molecular flexibility index (Phi) is 2.64. The Morgan fingerprint density at radius 3 is 2.87 bits per heavy atom. The van der Waals surface area contributed by atoms with Crippen molar-refractivity contribution in [1.82, 2.24) is 0 Å². The summed E-state index contributed by atoms with van der Waals surface area (Å²) in [5, 5.41) is 12.3. The van der Waals surface area contributed by atoms with Crippen LogP contribution in [0.5, 0.6) is 0 Å². The summed E-state index contributed by atoms with van der Waals surface area (Å²) in [5.41, 5.74) is 2.86. The smallest absolute Gasteiger partial charge is 0.101 e. The summed E-state index contributed by atoms with van der Waals surface area (Å²) >= 11 is 0. The molecule has 2 nitrogen and oxygen atoms in total. The van der Waals surface area contributed by atoms with E-state index in [9.17, 15) is 0 Å². The number of benzene rings is 1. The lowest BCUT2D eigenvalue weighted by molar-refractivity contribution is 0.787. The SMILES string of the molecule is Cc1ccc(NCC2CC2C)c(C#N)c1. The quantitative estimate of drug-likeness (QED) is 0.814. The fraction of sp³-hybridized carbons (Fsp3) is 0.462. The van der Waals surface area contributed by atoms with Crippen molar-refractivity contribution in [2.45, 2.75) is 20.3 Å². The van der Waals surface area contributed by atoms with Gasteiger partial charge in [0.15, 0.2) is 0 Å². The lowest BCUT2D eigenvalue weighted by atomic mass is 10.1. The summed E-state index contributed by atoms with van der Waals surface area (Å²) < 4.78 is 0. The molecule has 2 heteroatoms. The highest BCUT2D eigenvalue weighted by Gasteiger charge is 2.31. The Morgan fingerprint density at radius 2 is 2.27 bits per heavy atom. The van der Waals surface area contributed by atoms with Gasteiger partial charge in [0.1, 0.15) is 6.07 Å². The molecule has 0 aliphatic heterocycles. The summed E-state index contributed by atoms with van der Waals surface area (Å²) in [4.78, 5) is 0. The zero-order valence-electron chi connectivity index (χ0n) is 9.25. The molecule has 0 amide bonds. The van der Waals surface area contributed by atoms with Gasteiger partial charge in [-0.3, -0.25) is 0 Å². The molecule has 1 N–H and O–H groups in total. The Morgan fingerprint density at radius 1 is 1.53 bits per heavy atom. The molecule has 1 aromatic rings. The van der Waals surface area contributed by atoms with Crippen molar-refractivity contribution in [3.05, 3.63) is 29.3 Å². The van der Waals surface area contributed by atoms with Gasteiger partial charge < -0.3 is 5.32 Å². The monoisotopic (exact) mass is 200 g/mol. The minimum Gasteiger partial charge on any atom is -0.384 e. The van der Waals surface area contributed by atoms with Crippen LogP contribution in [0.15, 0.2) is 18.2 Å². The second-order valence-corrected chi connectivity index (χ2v) is 4.51. The van der Waals surface area contributed by atoms with Crippen LogP contribution in [0.4, 0.5) is 5.69 Å². The standard InChI is InChI=1S/C13H16N2/c1-9-3-4-13(11(5-9)7-14)15-8-12-6-10(12)2/h3-5,10,12,15H,6,8H2,1-2H3. The number of nitrogens with one attached hydrogen (secondary N) is 1. The molecule has 2 rings (SSSR count). The third kappa shape index (κ3) is 2.30. The maximum atomic E-state index is 8.99. The molecule has 0 heterocycles. The summed E-state index contributed by atoms with van der Waals surface area (Å²) in [6, 6.07) is 8.20. The molecular formula is C13H16N2. The highest BCUT2D eigenvalue weighted by Crippen LogP contribution is 2.37. The zero-order valence-corrected chi connectivity index (χ0v) is 9.25. The first-order chi connectivity index (χ1) is 7.20. The Balaban J connectivity index is 2.04. The van der Waals surface area contributed by atoms with E-state index in [0.717, 1.165) is 35.2 Å². The summed E-state index contributed by atoms with van der Waals surface area (Å²) in [7, 11) is 0. The predicted molar refractivity (Wildman–Crippen MR) is 61.7 cm³/mol. The van der Waals surface area contributed by atoms with Crippen molar-refractivity contribution >= 4 is 5.69 Å². The maximum absolute atomic E-state index is 8.99. The molecule has 15 heavy (non-hydrogen) atoms. The second kappa shape index (κ2) is 3.94. The van der Waals surface area contributed by atoms with E-state index in [1.807, 2.05) is 25.1 Å². The molecule has 0 saturated heterocycles. The number of nitrogens with zero attached hydrogens (tertiary/aromatic N) is 1. The van der Waals surface area contributed by atoms with Crippen molar-refractivity contribution in [2.24, 2.45) is 11.8 Å². The molecule has 1 aliphatic rings. The van der Waals surface area contributed by atoms with Gasteiger partial charge in [-0.05, 0) is 42.9 Å². The lowest BCUT2D eigenvalue weighted by Crippen LogP contribution is -2.05. The maximum Gasteiger partial charge on any atom is 0.101 e. The molecule has 78 valence electrons. The van der Waals surface area contributed by atoms with E-state index >= 15 is 0 Å². The van der Waals surface area contributed by atoms with Gasteiger partial charge in [0, 0.05) is 6.54 Å². The van der Waals surface area contributed by atoms with Crippen LogP contribution >= 0.6 is 0 Å². The van der Waals surface area contributed by atoms with Crippen LogP contribution < -0.4 is 5.32 Å². The molecule has 1 fully saturated rings. The van der Waals surface area contributed by atoms with Crippen LogP contribution in [0.1, 0.15) is 24.5 Å². The van der Waals surface area contributed by atoms with Crippen molar-refractivity contribution in [2.75, 3.05) is 11.9 Å². The Bertz CT molecular complexity index is 403. The molecule has 1 saturated carbocycles. The first-order valence-electron chi connectivity index (χ1n) is 5.45. The number of hydrogen-bond donors (Lipinski definition) is 1. The largest absolute Gasteiger partial charge is 0.384 e. The van der Waals surface area contributed by atoms with Gasteiger partial charge in [0.25, 0.3) is 0 Å². The van der Waals surface area contributed by atoms with Crippen LogP contribution in [-0.4, -0.2) is 6.54 Å². The van der Waals surface area contributed by atoms with E-state index in [4.69, 9.17) is 5.26 Å². The van der Waals surface area contributed by atoms with Gasteiger partial charge >= 0.3 is 0 Å². The van der Waals surface area contributed by atoms with Gasteiger partial charge in [-0.25, -0.2) is 0 Å². The van der Waals surface area contributed by atoms with E-state index in [2.05, 4.69) is 18.3 Å². The van der Waals surface area contributed by atoms with Crippen molar-refractivity contribution in [3.8, 4) is 6.07 Å². The lowest BCUT2D eigenvalue weighted by Gasteiger charge is -2.08. The molecule has 0 radical (unpaired) electrons. The number of hydrogen-bond acceptors (Lipinski definition) is 2. The third-order valence-electron chi connectivity index (χ3n) is 3.13. The summed E-state index contributed by atoms with van der Waals surface area (Å²) in [6.07, 6.45) is 1.32. The van der Waals surface area contributed by atoms with Crippen LogP contribution in [0.2, 0.25) is 0 Å². The first-order valence-corrected chi connectivity index (χ1v) is 5.45. The molecule has 1 aliphatic carbocycles.